The number of aryl methyl sites for hydroxylation is 3. The maximum Gasteiger partial charge on any atom is 0.354 e. The van der Waals surface area contributed by atoms with Crippen molar-refractivity contribution in [3.05, 3.63) is 39.6 Å². The minimum atomic E-state index is -0.908. The summed E-state index contributed by atoms with van der Waals surface area (Å²) in [5.74, 6) is -0.169. The van der Waals surface area contributed by atoms with E-state index >= 15 is 0 Å². The molecule has 0 spiro atoms. The average Bonchev–Trinajstić information content (AvgIpc) is 2.85. The molecule has 2 heterocycles. The number of imidazole rings is 1. The van der Waals surface area contributed by atoms with E-state index < -0.39 is 5.97 Å². The molecule has 0 amide bonds. The zero-order valence-corrected chi connectivity index (χ0v) is 10.6. The number of thiophene rings is 1. The number of carboxylic acid groups (broad SMARTS) is 1. The van der Waals surface area contributed by atoms with E-state index in [9.17, 15) is 4.79 Å². The van der Waals surface area contributed by atoms with Crippen molar-refractivity contribution in [1.82, 2.24) is 9.55 Å². The lowest BCUT2D eigenvalue weighted by molar-refractivity contribution is 0.0685. The summed E-state index contributed by atoms with van der Waals surface area (Å²) in [5, 5.41) is 11.2. The highest BCUT2D eigenvalue weighted by molar-refractivity contribution is 7.09. The molecule has 0 aromatic carbocycles. The van der Waals surface area contributed by atoms with E-state index in [1.165, 1.54) is 4.88 Å². The molecular formula is C12H14N2O2S. The second kappa shape index (κ2) is 4.71. The molecule has 17 heavy (non-hydrogen) atoms. The van der Waals surface area contributed by atoms with Gasteiger partial charge in [0.05, 0.1) is 5.69 Å². The van der Waals surface area contributed by atoms with Gasteiger partial charge in [0, 0.05) is 11.9 Å². The third-order valence-corrected chi connectivity index (χ3v) is 3.72. The Kier molecular flexibility index (Phi) is 3.28. The van der Waals surface area contributed by atoms with Crippen LogP contribution >= 0.6 is 11.3 Å². The lowest BCUT2D eigenvalue weighted by atomic mass is 10.2. The zero-order chi connectivity index (χ0) is 12.4. The molecule has 1 N–H and O–H groups in total. The van der Waals surface area contributed by atoms with Crippen LogP contribution in [0.1, 0.15) is 26.9 Å². The minimum absolute atomic E-state index is 0.305. The maximum absolute atomic E-state index is 11.2. The third kappa shape index (κ3) is 2.39. The Hall–Kier alpha value is -1.62. The molecule has 2 aromatic heterocycles. The molecular weight excluding hydrogens is 236 g/mol. The van der Waals surface area contributed by atoms with E-state index in [1.807, 2.05) is 18.4 Å². The first-order chi connectivity index (χ1) is 8.09. The molecule has 0 radical (unpaired) electrons. The van der Waals surface area contributed by atoms with Gasteiger partial charge in [0.1, 0.15) is 11.5 Å². The van der Waals surface area contributed by atoms with Gasteiger partial charge in [0.2, 0.25) is 0 Å². The molecule has 0 saturated carbocycles. The van der Waals surface area contributed by atoms with Crippen molar-refractivity contribution in [3.8, 4) is 0 Å². The fraction of sp³-hybridized carbons (Fsp3) is 0.333. The monoisotopic (exact) mass is 250 g/mol. The fourth-order valence-electron chi connectivity index (χ4n) is 1.82. The highest BCUT2D eigenvalue weighted by Crippen LogP contribution is 2.16. The predicted molar refractivity (Wildman–Crippen MR) is 66.6 cm³/mol. The standard InChI is InChI=1S/C12H14N2O2S/c1-8-13-10(11(12(15)16)14(8)2)6-5-9-4-3-7-17-9/h3-4,7H,5-6H2,1-2H3,(H,15,16). The van der Waals surface area contributed by atoms with E-state index in [-0.39, 0.29) is 0 Å². The number of rotatable bonds is 4. The molecule has 0 aliphatic rings. The van der Waals surface area contributed by atoms with Crippen molar-refractivity contribution >= 4 is 17.3 Å². The van der Waals surface area contributed by atoms with Gasteiger partial charge in [-0.15, -0.1) is 11.3 Å². The van der Waals surface area contributed by atoms with Crippen LogP contribution < -0.4 is 0 Å². The lowest BCUT2D eigenvalue weighted by Gasteiger charge is -2.00. The van der Waals surface area contributed by atoms with E-state index in [2.05, 4.69) is 11.1 Å². The van der Waals surface area contributed by atoms with Crippen molar-refractivity contribution in [1.29, 1.82) is 0 Å². The Morgan fingerprint density at radius 1 is 1.53 bits per heavy atom. The molecule has 0 saturated heterocycles. The Balaban J connectivity index is 2.21. The van der Waals surface area contributed by atoms with Gasteiger partial charge in [0.15, 0.2) is 0 Å². The van der Waals surface area contributed by atoms with E-state index in [1.54, 1.807) is 23.0 Å². The molecule has 0 aliphatic carbocycles. The highest BCUT2D eigenvalue weighted by atomic mass is 32.1. The predicted octanol–water partition coefficient (Wildman–Crippen LogP) is 2.27. The lowest BCUT2D eigenvalue weighted by Crippen LogP contribution is -2.08. The third-order valence-electron chi connectivity index (χ3n) is 2.78. The van der Waals surface area contributed by atoms with Gasteiger partial charge in [-0.25, -0.2) is 9.78 Å². The van der Waals surface area contributed by atoms with Crippen LogP contribution in [0.2, 0.25) is 0 Å². The average molecular weight is 250 g/mol. The van der Waals surface area contributed by atoms with Crippen molar-refractivity contribution in [2.75, 3.05) is 0 Å². The van der Waals surface area contributed by atoms with Crippen LogP contribution in [-0.4, -0.2) is 20.6 Å². The molecule has 4 nitrogen and oxygen atoms in total. The summed E-state index contributed by atoms with van der Waals surface area (Å²) in [4.78, 5) is 16.7. The molecule has 0 fully saturated rings. The summed E-state index contributed by atoms with van der Waals surface area (Å²) in [7, 11) is 1.74. The summed E-state index contributed by atoms with van der Waals surface area (Å²) < 4.78 is 1.63. The van der Waals surface area contributed by atoms with E-state index in [4.69, 9.17) is 5.11 Å². The van der Waals surface area contributed by atoms with Gasteiger partial charge in [0.25, 0.3) is 0 Å². The number of aromatic nitrogens is 2. The Morgan fingerprint density at radius 2 is 2.29 bits per heavy atom. The maximum atomic E-state index is 11.2. The second-order valence-corrected chi connectivity index (χ2v) is 4.93. The van der Waals surface area contributed by atoms with Crippen LogP contribution in [0.4, 0.5) is 0 Å². The number of aromatic carboxylic acids is 1. The SMILES string of the molecule is Cc1nc(CCc2cccs2)c(C(=O)O)n1C. The molecule has 0 bridgehead atoms. The van der Waals surface area contributed by atoms with Crippen molar-refractivity contribution in [2.45, 2.75) is 19.8 Å². The van der Waals surface area contributed by atoms with Crippen LogP contribution in [0.25, 0.3) is 0 Å². The Labute approximate surface area is 104 Å². The zero-order valence-electron chi connectivity index (χ0n) is 9.80. The van der Waals surface area contributed by atoms with Crippen LogP contribution in [0.15, 0.2) is 17.5 Å². The molecule has 2 rings (SSSR count). The minimum Gasteiger partial charge on any atom is -0.477 e. The first-order valence-electron chi connectivity index (χ1n) is 5.37. The van der Waals surface area contributed by atoms with Crippen molar-refractivity contribution in [3.63, 3.8) is 0 Å². The summed E-state index contributed by atoms with van der Waals surface area (Å²) in [6.45, 7) is 1.82. The smallest absolute Gasteiger partial charge is 0.354 e. The largest absolute Gasteiger partial charge is 0.477 e. The normalized spacial score (nSPS) is 10.7. The number of hydrogen-bond donors (Lipinski definition) is 1. The topological polar surface area (TPSA) is 55.1 Å². The van der Waals surface area contributed by atoms with E-state index in [0.29, 0.717) is 17.8 Å². The summed E-state index contributed by atoms with van der Waals surface area (Å²) in [6, 6.07) is 4.06. The molecule has 90 valence electrons. The molecule has 0 atom stereocenters. The van der Waals surface area contributed by atoms with Crippen LogP contribution in [0.5, 0.6) is 0 Å². The number of carbonyl (C=O) groups is 1. The van der Waals surface area contributed by atoms with Crippen LogP contribution in [0, 0.1) is 6.92 Å². The van der Waals surface area contributed by atoms with Gasteiger partial charge in [-0.05, 0) is 31.2 Å². The second-order valence-electron chi connectivity index (χ2n) is 3.90. The number of nitrogens with zero attached hydrogens (tertiary/aromatic N) is 2. The first kappa shape index (κ1) is 11.9. The number of hydrogen-bond acceptors (Lipinski definition) is 3. The van der Waals surface area contributed by atoms with Crippen LogP contribution in [-0.2, 0) is 19.9 Å². The quantitative estimate of drug-likeness (QED) is 0.905. The molecule has 5 heteroatoms. The van der Waals surface area contributed by atoms with Gasteiger partial charge in [-0.1, -0.05) is 6.07 Å². The van der Waals surface area contributed by atoms with E-state index in [0.717, 1.165) is 12.2 Å². The molecule has 0 aliphatic heterocycles. The highest BCUT2D eigenvalue weighted by Gasteiger charge is 2.18. The molecule has 2 aromatic rings. The van der Waals surface area contributed by atoms with Crippen molar-refractivity contribution < 1.29 is 9.90 Å². The van der Waals surface area contributed by atoms with Crippen LogP contribution in [0.3, 0.4) is 0 Å². The van der Waals surface area contributed by atoms with Gasteiger partial charge >= 0.3 is 5.97 Å². The van der Waals surface area contributed by atoms with Gasteiger partial charge < -0.3 is 9.67 Å². The first-order valence-corrected chi connectivity index (χ1v) is 6.25. The summed E-state index contributed by atoms with van der Waals surface area (Å²) in [6.07, 6.45) is 1.51. The Bertz CT molecular complexity index is 529. The number of carboxylic acids is 1. The Morgan fingerprint density at radius 3 is 2.88 bits per heavy atom. The fourth-order valence-corrected chi connectivity index (χ4v) is 2.53. The molecule has 0 unspecified atom stereocenters. The van der Waals surface area contributed by atoms with Gasteiger partial charge in [-0.2, -0.15) is 0 Å². The summed E-state index contributed by atoms with van der Waals surface area (Å²) in [5.41, 5.74) is 0.977. The summed E-state index contributed by atoms with van der Waals surface area (Å²) >= 11 is 1.69. The van der Waals surface area contributed by atoms with Crippen molar-refractivity contribution in [2.24, 2.45) is 7.05 Å². The van der Waals surface area contributed by atoms with Gasteiger partial charge in [-0.3, -0.25) is 0 Å².